The van der Waals surface area contributed by atoms with Crippen LogP contribution in [-0.2, 0) is 9.73 Å². The highest BCUT2D eigenvalue weighted by Gasteiger charge is 2.18. The molecule has 2 rings (SSSR count). The summed E-state index contributed by atoms with van der Waals surface area (Å²) in [4.78, 5) is 18.5. The minimum atomic E-state index is -2.24. The van der Waals surface area contributed by atoms with Gasteiger partial charge in [-0.2, -0.15) is 9.35 Å². The lowest BCUT2D eigenvalue weighted by Crippen LogP contribution is -2.21. The Hall–Kier alpha value is -2.79. The second-order valence-electron chi connectivity index (χ2n) is 5.86. The first-order valence-corrected chi connectivity index (χ1v) is 9.94. The minimum absolute atomic E-state index is 0.0115. The van der Waals surface area contributed by atoms with E-state index < -0.39 is 20.7 Å². The second-order valence-corrected chi connectivity index (χ2v) is 8.40. The lowest BCUT2D eigenvalue weighted by atomic mass is 10.3. The van der Waals surface area contributed by atoms with Crippen molar-refractivity contribution in [2.45, 2.75) is 13.0 Å². The Kier molecular flexibility index (Phi) is 6.05. The predicted molar refractivity (Wildman–Crippen MR) is 101 cm³/mol. The SMILES string of the molecule is C[C@H](CO)Nc1nc(Nc2ccc(N=S(C)(C)=O)cc2)ncc1[N+](=O)[O-]. The normalized spacial score (nSPS) is 12.3. The molecule has 0 aliphatic heterocycles. The topological polar surface area (TPSA) is 143 Å². The van der Waals surface area contributed by atoms with Crippen LogP contribution in [-0.4, -0.2) is 49.4 Å². The molecule has 140 valence electrons. The summed E-state index contributed by atoms with van der Waals surface area (Å²) in [5.74, 6) is 0.167. The number of benzene rings is 1. The summed E-state index contributed by atoms with van der Waals surface area (Å²) < 4.78 is 15.8. The van der Waals surface area contributed by atoms with Crippen molar-refractivity contribution in [2.75, 3.05) is 29.8 Å². The summed E-state index contributed by atoms with van der Waals surface area (Å²) in [7, 11) is -2.24. The summed E-state index contributed by atoms with van der Waals surface area (Å²) in [6, 6.07) is 6.38. The molecule has 26 heavy (non-hydrogen) atoms. The first-order valence-electron chi connectivity index (χ1n) is 7.61. The minimum Gasteiger partial charge on any atom is -0.394 e. The number of hydrogen-bond acceptors (Lipinski definition) is 9. The molecule has 1 aromatic carbocycles. The fraction of sp³-hybridized carbons (Fsp3) is 0.333. The van der Waals surface area contributed by atoms with Gasteiger partial charge in [0.1, 0.15) is 6.20 Å². The number of aliphatic hydroxyl groups is 1. The van der Waals surface area contributed by atoms with E-state index in [1.54, 1.807) is 43.7 Å². The highest BCUT2D eigenvalue weighted by atomic mass is 32.2. The number of nitrogens with one attached hydrogen (secondary N) is 2. The molecule has 0 aliphatic carbocycles. The highest BCUT2D eigenvalue weighted by molar-refractivity contribution is 7.92. The molecule has 0 bridgehead atoms. The Labute approximate surface area is 151 Å². The molecule has 1 heterocycles. The molecule has 3 N–H and O–H groups in total. The van der Waals surface area contributed by atoms with E-state index in [1.807, 2.05) is 0 Å². The summed E-state index contributed by atoms with van der Waals surface area (Å²) >= 11 is 0. The number of rotatable bonds is 7. The van der Waals surface area contributed by atoms with Crippen LogP contribution >= 0.6 is 0 Å². The Morgan fingerprint density at radius 2 is 2.00 bits per heavy atom. The zero-order chi connectivity index (χ0) is 19.3. The fourth-order valence-corrected chi connectivity index (χ4v) is 2.57. The van der Waals surface area contributed by atoms with Gasteiger partial charge in [0.15, 0.2) is 0 Å². The molecule has 0 radical (unpaired) electrons. The number of nitrogens with zero attached hydrogens (tertiary/aromatic N) is 4. The van der Waals surface area contributed by atoms with Gasteiger partial charge >= 0.3 is 5.69 Å². The van der Waals surface area contributed by atoms with E-state index in [1.165, 1.54) is 0 Å². The molecule has 0 aliphatic rings. The van der Waals surface area contributed by atoms with E-state index in [4.69, 9.17) is 5.11 Å². The molecular weight excluding hydrogens is 360 g/mol. The van der Waals surface area contributed by atoms with Crippen LogP contribution in [0.2, 0.25) is 0 Å². The van der Waals surface area contributed by atoms with Crippen LogP contribution in [0.15, 0.2) is 34.8 Å². The van der Waals surface area contributed by atoms with E-state index in [9.17, 15) is 14.3 Å². The first-order chi connectivity index (χ1) is 12.2. The summed E-state index contributed by atoms with van der Waals surface area (Å²) in [5.41, 5.74) is 0.928. The Morgan fingerprint density at radius 3 is 2.54 bits per heavy atom. The molecular formula is C15H20N6O4S. The fourth-order valence-electron chi connectivity index (χ4n) is 1.94. The van der Waals surface area contributed by atoms with Crippen LogP contribution in [0.25, 0.3) is 0 Å². The maximum absolute atomic E-state index is 11.7. The van der Waals surface area contributed by atoms with Gasteiger partial charge in [0.05, 0.1) is 17.2 Å². The van der Waals surface area contributed by atoms with Crippen LogP contribution in [0.4, 0.5) is 28.8 Å². The largest absolute Gasteiger partial charge is 0.394 e. The van der Waals surface area contributed by atoms with Crippen LogP contribution < -0.4 is 10.6 Å². The quantitative estimate of drug-likeness (QED) is 0.490. The number of aromatic nitrogens is 2. The first kappa shape index (κ1) is 19.5. The van der Waals surface area contributed by atoms with E-state index in [0.717, 1.165) is 6.20 Å². The molecule has 1 aromatic heterocycles. The molecule has 0 saturated carbocycles. The standard InChI is InChI=1S/C15H20N6O4S/c1-10(9-22)17-14-13(21(23)24)8-16-15(19-14)18-11-4-6-12(7-5-11)20-26(2,3)25/h4-8,10,22H,9H2,1-3H3,(H2,16,17,18,19)/t10-/m1/s1. The molecule has 10 nitrogen and oxygen atoms in total. The lowest BCUT2D eigenvalue weighted by Gasteiger charge is -2.12. The average Bonchev–Trinajstić information content (AvgIpc) is 2.55. The molecule has 0 saturated heterocycles. The van der Waals surface area contributed by atoms with E-state index in [2.05, 4.69) is 25.0 Å². The maximum Gasteiger partial charge on any atom is 0.329 e. The van der Waals surface area contributed by atoms with Crippen molar-refractivity contribution < 1.29 is 14.2 Å². The zero-order valence-electron chi connectivity index (χ0n) is 14.5. The third-order valence-electron chi connectivity index (χ3n) is 3.07. The molecule has 1 atom stereocenters. The van der Waals surface area contributed by atoms with Gasteiger partial charge in [-0.1, -0.05) is 0 Å². The van der Waals surface area contributed by atoms with Crippen LogP contribution in [0.1, 0.15) is 6.92 Å². The van der Waals surface area contributed by atoms with E-state index in [0.29, 0.717) is 11.4 Å². The second kappa shape index (κ2) is 8.06. The Morgan fingerprint density at radius 1 is 1.35 bits per heavy atom. The van der Waals surface area contributed by atoms with E-state index in [-0.39, 0.29) is 24.1 Å². The van der Waals surface area contributed by atoms with Gasteiger partial charge in [-0.15, -0.1) is 0 Å². The molecule has 0 spiro atoms. The summed E-state index contributed by atoms with van der Waals surface area (Å²) in [5, 5.41) is 25.9. The number of hydrogen-bond donors (Lipinski definition) is 3. The Balaban J connectivity index is 2.25. The van der Waals surface area contributed by atoms with Crippen molar-refractivity contribution in [3.8, 4) is 0 Å². The Bertz CT molecular complexity index is 901. The van der Waals surface area contributed by atoms with Gasteiger partial charge in [-0.3, -0.25) is 10.1 Å². The van der Waals surface area contributed by atoms with Crippen LogP contribution in [0.3, 0.4) is 0 Å². The lowest BCUT2D eigenvalue weighted by molar-refractivity contribution is -0.384. The van der Waals surface area contributed by atoms with Crippen molar-refractivity contribution in [3.05, 3.63) is 40.6 Å². The molecule has 11 heteroatoms. The molecule has 0 unspecified atom stereocenters. The monoisotopic (exact) mass is 380 g/mol. The smallest absolute Gasteiger partial charge is 0.329 e. The highest BCUT2D eigenvalue weighted by Crippen LogP contribution is 2.25. The number of aliphatic hydroxyl groups excluding tert-OH is 1. The third kappa shape index (κ3) is 5.63. The summed E-state index contributed by atoms with van der Waals surface area (Å²) in [6.45, 7) is 1.47. The van der Waals surface area contributed by atoms with E-state index >= 15 is 0 Å². The van der Waals surface area contributed by atoms with Crippen molar-refractivity contribution in [2.24, 2.45) is 4.36 Å². The van der Waals surface area contributed by atoms with Gasteiger partial charge in [0, 0.05) is 34.0 Å². The predicted octanol–water partition coefficient (Wildman–Crippen LogP) is 2.28. The van der Waals surface area contributed by atoms with Gasteiger partial charge in [-0.05, 0) is 31.2 Å². The molecule has 0 amide bonds. The van der Waals surface area contributed by atoms with Gasteiger partial charge in [0.2, 0.25) is 11.8 Å². The van der Waals surface area contributed by atoms with Crippen molar-refractivity contribution >= 4 is 38.6 Å². The third-order valence-corrected chi connectivity index (χ3v) is 3.72. The number of nitro groups is 1. The van der Waals surface area contributed by atoms with Gasteiger partial charge in [-0.25, -0.2) is 9.19 Å². The zero-order valence-corrected chi connectivity index (χ0v) is 15.4. The maximum atomic E-state index is 11.7. The molecule has 0 fully saturated rings. The van der Waals surface area contributed by atoms with Gasteiger partial charge < -0.3 is 15.7 Å². The average molecular weight is 380 g/mol. The number of anilines is 3. The summed E-state index contributed by atoms with van der Waals surface area (Å²) in [6.07, 6.45) is 4.19. The van der Waals surface area contributed by atoms with Crippen LogP contribution in [0, 0.1) is 10.1 Å². The van der Waals surface area contributed by atoms with Gasteiger partial charge in [0.25, 0.3) is 0 Å². The van der Waals surface area contributed by atoms with Crippen molar-refractivity contribution in [3.63, 3.8) is 0 Å². The van der Waals surface area contributed by atoms with Crippen molar-refractivity contribution in [1.82, 2.24) is 9.97 Å². The van der Waals surface area contributed by atoms with Crippen LogP contribution in [0.5, 0.6) is 0 Å². The van der Waals surface area contributed by atoms with Crippen molar-refractivity contribution in [1.29, 1.82) is 0 Å². The molecule has 2 aromatic rings.